The van der Waals surface area contributed by atoms with E-state index >= 15 is 0 Å². The zero-order valence-corrected chi connectivity index (χ0v) is 13.1. The van der Waals surface area contributed by atoms with Crippen molar-refractivity contribution in [2.24, 2.45) is 7.05 Å². The molecule has 0 bridgehead atoms. The zero-order chi connectivity index (χ0) is 15.9. The molecule has 2 rings (SSSR count). The maximum Gasteiger partial charge on any atom is 0.220 e. The molecular weight excluding hydrogens is 278 g/mol. The molecule has 2 atom stereocenters. The normalized spacial score (nSPS) is 13.6. The van der Waals surface area contributed by atoms with Crippen LogP contribution in [0.3, 0.4) is 0 Å². The molecule has 2 aromatic rings. The van der Waals surface area contributed by atoms with Crippen molar-refractivity contribution < 1.29 is 9.90 Å². The Bertz CT molecular complexity index is 595. The monoisotopic (exact) mass is 301 g/mol. The second kappa shape index (κ2) is 7.75. The summed E-state index contributed by atoms with van der Waals surface area (Å²) in [5.41, 5.74) is 2.10. The van der Waals surface area contributed by atoms with Crippen LogP contribution in [0.4, 0.5) is 0 Å². The molecule has 0 spiro atoms. The molecule has 0 saturated heterocycles. The SMILES string of the molecule is CC(NC(=O)CCc1cnn(C)c1)C(O)Cc1ccccc1. The van der Waals surface area contributed by atoms with Crippen LogP contribution in [0.1, 0.15) is 24.5 Å². The van der Waals surface area contributed by atoms with E-state index in [4.69, 9.17) is 0 Å². The molecule has 5 heteroatoms. The number of aliphatic hydroxyl groups excluding tert-OH is 1. The van der Waals surface area contributed by atoms with Gasteiger partial charge in [-0.1, -0.05) is 30.3 Å². The lowest BCUT2D eigenvalue weighted by atomic mass is 10.0. The predicted molar refractivity (Wildman–Crippen MR) is 85.3 cm³/mol. The van der Waals surface area contributed by atoms with Gasteiger partial charge in [0.25, 0.3) is 0 Å². The Balaban J connectivity index is 1.75. The van der Waals surface area contributed by atoms with Crippen molar-refractivity contribution in [3.63, 3.8) is 0 Å². The average Bonchev–Trinajstić information content (AvgIpc) is 2.92. The highest BCUT2D eigenvalue weighted by molar-refractivity contribution is 5.76. The molecule has 0 aliphatic carbocycles. The van der Waals surface area contributed by atoms with Gasteiger partial charge in [-0.15, -0.1) is 0 Å². The van der Waals surface area contributed by atoms with Crippen molar-refractivity contribution in [3.05, 3.63) is 53.9 Å². The molecular formula is C17H23N3O2. The number of amides is 1. The van der Waals surface area contributed by atoms with Crippen molar-refractivity contribution in [3.8, 4) is 0 Å². The van der Waals surface area contributed by atoms with Gasteiger partial charge in [0.2, 0.25) is 5.91 Å². The quantitative estimate of drug-likeness (QED) is 0.813. The highest BCUT2D eigenvalue weighted by Crippen LogP contribution is 2.07. The molecule has 0 fully saturated rings. The number of rotatable bonds is 7. The third kappa shape index (κ3) is 5.00. The average molecular weight is 301 g/mol. The summed E-state index contributed by atoms with van der Waals surface area (Å²) < 4.78 is 1.72. The van der Waals surface area contributed by atoms with Crippen molar-refractivity contribution in [2.45, 2.75) is 38.3 Å². The number of aliphatic hydroxyl groups is 1. The maximum atomic E-state index is 11.9. The molecule has 2 N–H and O–H groups in total. The summed E-state index contributed by atoms with van der Waals surface area (Å²) in [7, 11) is 1.85. The molecule has 0 aliphatic heterocycles. The Labute approximate surface area is 131 Å². The number of carbonyl (C=O) groups excluding carboxylic acids is 1. The Kier molecular flexibility index (Phi) is 5.72. The van der Waals surface area contributed by atoms with Crippen LogP contribution in [0.5, 0.6) is 0 Å². The minimum absolute atomic E-state index is 0.0523. The fraction of sp³-hybridized carbons (Fsp3) is 0.412. The number of nitrogens with zero attached hydrogens (tertiary/aromatic N) is 2. The summed E-state index contributed by atoms with van der Waals surface area (Å²) in [6, 6.07) is 9.50. The van der Waals surface area contributed by atoms with Gasteiger partial charge in [0.1, 0.15) is 0 Å². The highest BCUT2D eigenvalue weighted by atomic mass is 16.3. The number of aromatic nitrogens is 2. The molecule has 0 aliphatic rings. The summed E-state index contributed by atoms with van der Waals surface area (Å²) in [6.45, 7) is 1.83. The molecule has 2 unspecified atom stereocenters. The number of hydrogen-bond donors (Lipinski definition) is 2. The van der Waals surface area contributed by atoms with Gasteiger partial charge in [-0.2, -0.15) is 5.10 Å². The number of benzene rings is 1. The highest BCUT2D eigenvalue weighted by Gasteiger charge is 2.17. The standard InChI is InChI=1S/C17H23N3O2/c1-13(16(21)10-14-6-4-3-5-7-14)19-17(22)9-8-15-11-18-20(2)12-15/h3-7,11-13,16,21H,8-10H2,1-2H3,(H,19,22). The largest absolute Gasteiger partial charge is 0.391 e. The lowest BCUT2D eigenvalue weighted by molar-refractivity contribution is -0.122. The molecule has 1 aromatic heterocycles. The molecule has 118 valence electrons. The van der Waals surface area contributed by atoms with Gasteiger partial charge in [-0.05, 0) is 24.5 Å². The maximum absolute atomic E-state index is 11.9. The lowest BCUT2D eigenvalue weighted by Gasteiger charge is -2.20. The summed E-state index contributed by atoms with van der Waals surface area (Å²) in [4.78, 5) is 11.9. The van der Waals surface area contributed by atoms with Crippen LogP contribution in [0.15, 0.2) is 42.7 Å². The number of nitrogens with one attached hydrogen (secondary N) is 1. The van der Waals surface area contributed by atoms with E-state index < -0.39 is 6.10 Å². The Hall–Kier alpha value is -2.14. The molecule has 0 saturated carbocycles. The van der Waals surface area contributed by atoms with Gasteiger partial charge in [-0.25, -0.2) is 0 Å². The van der Waals surface area contributed by atoms with Gasteiger partial charge in [-0.3, -0.25) is 9.48 Å². The minimum atomic E-state index is -0.593. The van der Waals surface area contributed by atoms with Crippen LogP contribution in [0.25, 0.3) is 0 Å². The first kappa shape index (κ1) is 16.2. The number of carbonyl (C=O) groups is 1. The van der Waals surface area contributed by atoms with E-state index in [9.17, 15) is 9.90 Å². The number of aryl methyl sites for hydroxylation is 2. The smallest absolute Gasteiger partial charge is 0.220 e. The van der Waals surface area contributed by atoms with Crippen LogP contribution >= 0.6 is 0 Å². The molecule has 5 nitrogen and oxygen atoms in total. The van der Waals surface area contributed by atoms with Crippen molar-refractivity contribution in [1.29, 1.82) is 0 Å². The van der Waals surface area contributed by atoms with Crippen molar-refractivity contribution >= 4 is 5.91 Å². The van der Waals surface area contributed by atoms with Crippen LogP contribution in [0.2, 0.25) is 0 Å². The predicted octanol–water partition coefficient (Wildman–Crippen LogP) is 1.46. The molecule has 1 aromatic carbocycles. The first-order chi connectivity index (χ1) is 10.5. The van der Waals surface area contributed by atoms with Crippen LogP contribution in [-0.2, 0) is 24.7 Å². The van der Waals surface area contributed by atoms with Gasteiger partial charge in [0.15, 0.2) is 0 Å². The fourth-order valence-electron chi connectivity index (χ4n) is 2.31. The minimum Gasteiger partial charge on any atom is -0.391 e. The Morgan fingerprint density at radius 2 is 2.05 bits per heavy atom. The van der Waals surface area contributed by atoms with E-state index in [0.29, 0.717) is 19.3 Å². The summed E-state index contributed by atoms with van der Waals surface area (Å²) in [5.74, 6) is -0.0523. The van der Waals surface area contributed by atoms with E-state index in [1.165, 1.54) is 0 Å². The van der Waals surface area contributed by atoms with Crippen molar-refractivity contribution in [2.75, 3.05) is 0 Å². The molecule has 22 heavy (non-hydrogen) atoms. The van der Waals surface area contributed by atoms with E-state index in [1.807, 2.05) is 50.5 Å². The fourth-order valence-corrected chi connectivity index (χ4v) is 2.31. The first-order valence-corrected chi connectivity index (χ1v) is 7.53. The topological polar surface area (TPSA) is 67.2 Å². The molecule has 0 radical (unpaired) electrons. The molecule has 1 heterocycles. The van der Waals surface area contributed by atoms with E-state index in [2.05, 4.69) is 10.4 Å². The van der Waals surface area contributed by atoms with E-state index in [-0.39, 0.29) is 11.9 Å². The third-order valence-corrected chi connectivity index (χ3v) is 3.65. The summed E-state index contributed by atoms with van der Waals surface area (Å²) in [6.07, 6.45) is 4.66. The van der Waals surface area contributed by atoms with Crippen LogP contribution in [-0.4, -0.2) is 32.9 Å². The van der Waals surface area contributed by atoms with E-state index in [1.54, 1.807) is 10.9 Å². The van der Waals surface area contributed by atoms with Crippen molar-refractivity contribution in [1.82, 2.24) is 15.1 Å². The Morgan fingerprint density at radius 3 is 2.68 bits per heavy atom. The first-order valence-electron chi connectivity index (χ1n) is 7.53. The Morgan fingerprint density at radius 1 is 1.32 bits per heavy atom. The second-order valence-electron chi connectivity index (χ2n) is 5.64. The van der Waals surface area contributed by atoms with Crippen LogP contribution < -0.4 is 5.32 Å². The van der Waals surface area contributed by atoms with Gasteiger partial charge >= 0.3 is 0 Å². The van der Waals surface area contributed by atoms with Crippen LogP contribution in [0, 0.1) is 0 Å². The van der Waals surface area contributed by atoms with E-state index in [0.717, 1.165) is 11.1 Å². The number of hydrogen-bond acceptors (Lipinski definition) is 3. The zero-order valence-electron chi connectivity index (χ0n) is 13.1. The van der Waals surface area contributed by atoms with Gasteiger partial charge in [0.05, 0.1) is 18.3 Å². The van der Waals surface area contributed by atoms with Gasteiger partial charge < -0.3 is 10.4 Å². The summed E-state index contributed by atoms with van der Waals surface area (Å²) in [5, 5.41) is 17.1. The lowest BCUT2D eigenvalue weighted by Crippen LogP contribution is -2.42. The van der Waals surface area contributed by atoms with Gasteiger partial charge in [0, 0.05) is 26.1 Å². The molecule has 1 amide bonds. The third-order valence-electron chi connectivity index (χ3n) is 3.65. The second-order valence-corrected chi connectivity index (χ2v) is 5.64. The summed E-state index contributed by atoms with van der Waals surface area (Å²) >= 11 is 0.